The van der Waals surface area contributed by atoms with Crippen LogP contribution in [0.3, 0.4) is 0 Å². The zero-order chi connectivity index (χ0) is 18.9. The molecule has 2 aromatic rings. The Morgan fingerprint density at radius 1 is 1.04 bits per heavy atom. The average Bonchev–Trinajstić information content (AvgIpc) is 2.63. The van der Waals surface area contributed by atoms with Crippen molar-refractivity contribution in [2.45, 2.75) is 4.90 Å². The van der Waals surface area contributed by atoms with E-state index >= 15 is 0 Å². The molecule has 0 saturated carbocycles. The third-order valence-electron chi connectivity index (χ3n) is 4.14. The van der Waals surface area contributed by atoms with Crippen LogP contribution in [-0.2, 0) is 10.0 Å². The quantitative estimate of drug-likeness (QED) is 0.704. The van der Waals surface area contributed by atoms with Gasteiger partial charge in [0.25, 0.3) is 5.91 Å². The van der Waals surface area contributed by atoms with Gasteiger partial charge in [-0.3, -0.25) is 4.79 Å². The fourth-order valence-electron chi connectivity index (χ4n) is 2.72. The first-order valence-electron chi connectivity index (χ1n) is 7.79. The molecule has 1 aliphatic heterocycles. The molecule has 0 bridgehead atoms. The minimum atomic E-state index is -3.65. The van der Waals surface area contributed by atoms with Crippen molar-refractivity contribution < 1.29 is 17.6 Å². The second-order valence-electron chi connectivity index (χ2n) is 5.77. The van der Waals surface area contributed by atoms with E-state index in [-0.39, 0.29) is 36.6 Å². The summed E-state index contributed by atoms with van der Waals surface area (Å²) >= 11 is 9.02. The summed E-state index contributed by atoms with van der Waals surface area (Å²) in [5.41, 5.74) is -0.0339. The van der Waals surface area contributed by atoms with Crippen LogP contribution in [0.4, 0.5) is 4.39 Å². The number of piperazine rings is 1. The molecule has 1 amide bonds. The highest BCUT2D eigenvalue weighted by atomic mass is 79.9. The summed E-state index contributed by atoms with van der Waals surface area (Å²) < 4.78 is 41.1. The van der Waals surface area contributed by atoms with E-state index in [1.807, 2.05) is 0 Å². The predicted molar refractivity (Wildman–Crippen MR) is 100 cm³/mol. The van der Waals surface area contributed by atoms with Crippen molar-refractivity contribution in [1.29, 1.82) is 0 Å². The maximum atomic E-state index is 13.9. The molecular weight excluding hydrogens is 447 g/mol. The molecule has 138 valence electrons. The third-order valence-corrected chi connectivity index (χ3v) is 6.79. The number of hydrogen-bond donors (Lipinski definition) is 0. The summed E-state index contributed by atoms with van der Waals surface area (Å²) in [6.45, 7) is 0.674. The van der Waals surface area contributed by atoms with Crippen molar-refractivity contribution in [3.8, 4) is 0 Å². The van der Waals surface area contributed by atoms with E-state index in [9.17, 15) is 17.6 Å². The van der Waals surface area contributed by atoms with Gasteiger partial charge in [-0.2, -0.15) is 4.31 Å². The second kappa shape index (κ2) is 7.64. The molecule has 3 rings (SSSR count). The molecule has 1 fully saturated rings. The van der Waals surface area contributed by atoms with Gasteiger partial charge in [-0.1, -0.05) is 27.5 Å². The molecule has 0 unspecified atom stereocenters. The first-order valence-corrected chi connectivity index (χ1v) is 10.4. The van der Waals surface area contributed by atoms with Gasteiger partial charge in [0.15, 0.2) is 0 Å². The van der Waals surface area contributed by atoms with Gasteiger partial charge in [0.05, 0.1) is 10.5 Å². The summed E-state index contributed by atoms with van der Waals surface area (Å²) in [4.78, 5) is 14.1. The van der Waals surface area contributed by atoms with Crippen LogP contribution in [0.5, 0.6) is 0 Å². The lowest BCUT2D eigenvalue weighted by Gasteiger charge is -2.34. The highest BCUT2D eigenvalue weighted by Gasteiger charge is 2.31. The standard InChI is InChI=1S/C17H15BrClFN2O3S/c18-12-1-6-16(20)15(11-12)17(23)21-7-9-22(10-8-21)26(24,25)14-4-2-13(19)3-5-14/h1-6,11H,7-10H2. The molecule has 0 atom stereocenters. The lowest BCUT2D eigenvalue weighted by atomic mass is 10.1. The van der Waals surface area contributed by atoms with Crippen molar-refractivity contribution in [1.82, 2.24) is 9.21 Å². The minimum Gasteiger partial charge on any atom is -0.336 e. The Balaban J connectivity index is 1.71. The van der Waals surface area contributed by atoms with Gasteiger partial charge in [-0.05, 0) is 42.5 Å². The summed E-state index contributed by atoms with van der Waals surface area (Å²) in [6.07, 6.45) is 0. The highest BCUT2D eigenvalue weighted by molar-refractivity contribution is 9.10. The van der Waals surface area contributed by atoms with Crippen molar-refractivity contribution in [2.75, 3.05) is 26.2 Å². The fourth-order valence-corrected chi connectivity index (χ4v) is 4.63. The number of hydrogen-bond acceptors (Lipinski definition) is 3. The van der Waals surface area contributed by atoms with Crippen molar-refractivity contribution in [2.24, 2.45) is 0 Å². The van der Waals surface area contributed by atoms with Gasteiger partial charge in [-0.15, -0.1) is 0 Å². The van der Waals surface area contributed by atoms with Crippen molar-refractivity contribution in [3.05, 3.63) is 63.3 Å². The summed E-state index contributed by atoms with van der Waals surface area (Å²) in [5, 5.41) is 0.454. The summed E-state index contributed by atoms with van der Waals surface area (Å²) in [5.74, 6) is -1.05. The van der Waals surface area contributed by atoms with Gasteiger partial charge in [0, 0.05) is 35.7 Å². The molecular formula is C17H15BrClFN2O3S. The zero-order valence-corrected chi connectivity index (χ0v) is 16.7. The van der Waals surface area contributed by atoms with Crippen LogP contribution in [0.2, 0.25) is 5.02 Å². The first-order chi connectivity index (χ1) is 12.3. The largest absolute Gasteiger partial charge is 0.336 e. The zero-order valence-electron chi connectivity index (χ0n) is 13.5. The average molecular weight is 462 g/mol. The smallest absolute Gasteiger partial charge is 0.256 e. The SMILES string of the molecule is O=C(c1cc(Br)ccc1F)N1CCN(S(=O)(=O)c2ccc(Cl)cc2)CC1. The monoisotopic (exact) mass is 460 g/mol. The number of carbonyl (C=O) groups is 1. The molecule has 0 aliphatic carbocycles. The fraction of sp³-hybridized carbons (Fsp3) is 0.235. The van der Waals surface area contributed by atoms with Gasteiger partial charge in [-0.25, -0.2) is 12.8 Å². The molecule has 26 heavy (non-hydrogen) atoms. The van der Waals surface area contributed by atoms with Crippen LogP contribution >= 0.6 is 27.5 Å². The molecule has 1 aliphatic rings. The van der Waals surface area contributed by atoms with E-state index in [4.69, 9.17) is 11.6 Å². The molecule has 0 aromatic heterocycles. The number of carbonyl (C=O) groups excluding carboxylic acids is 1. The van der Waals surface area contributed by atoms with Crippen LogP contribution in [0, 0.1) is 5.82 Å². The molecule has 0 spiro atoms. The number of rotatable bonds is 3. The summed E-state index contributed by atoms with van der Waals surface area (Å²) in [6, 6.07) is 10.1. The maximum absolute atomic E-state index is 13.9. The van der Waals surface area contributed by atoms with E-state index in [2.05, 4.69) is 15.9 Å². The molecule has 0 N–H and O–H groups in total. The lowest BCUT2D eigenvalue weighted by molar-refractivity contribution is 0.0693. The minimum absolute atomic E-state index is 0.0339. The molecule has 1 heterocycles. The van der Waals surface area contributed by atoms with Crippen molar-refractivity contribution in [3.63, 3.8) is 0 Å². The van der Waals surface area contributed by atoms with E-state index in [1.165, 1.54) is 51.7 Å². The maximum Gasteiger partial charge on any atom is 0.256 e. The van der Waals surface area contributed by atoms with Crippen LogP contribution in [0.15, 0.2) is 51.8 Å². The number of nitrogens with zero attached hydrogens (tertiary/aromatic N) is 2. The Kier molecular flexibility index (Phi) is 5.67. The second-order valence-corrected chi connectivity index (χ2v) is 9.06. The topological polar surface area (TPSA) is 57.7 Å². The number of benzene rings is 2. The number of halogens is 3. The Labute approximate surface area is 164 Å². The summed E-state index contributed by atoms with van der Waals surface area (Å²) in [7, 11) is -3.65. The van der Waals surface area contributed by atoms with Gasteiger partial charge >= 0.3 is 0 Å². The van der Waals surface area contributed by atoms with Crippen LogP contribution in [0.1, 0.15) is 10.4 Å². The Bertz CT molecular complexity index is 930. The number of amides is 1. The third kappa shape index (κ3) is 3.93. The Morgan fingerprint density at radius 2 is 1.65 bits per heavy atom. The molecule has 9 heteroatoms. The van der Waals surface area contributed by atoms with Gasteiger partial charge < -0.3 is 4.90 Å². The predicted octanol–water partition coefficient (Wildman–Crippen LogP) is 3.39. The van der Waals surface area contributed by atoms with E-state index < -0.39 is 21.7 Å². The van der Waals surface area contributed by atoms with Crippen LogP contribution in [0.25, 0.3) is 0 Å². The van der Waals surface area contributed by atoms with Crippen LogP contribution in [-0.4, -0.2) is 49.7 Å². The first kappa shape index (κ1) is 19.3. The van der Waals surface area contributed by atoms with E-state index in [0.717, 1.165) is 0 Å². The molecule has 5 nitrogen and oxygen atoms in total. The van der Waals surface area contributed by atoms with E-state index in [0.29, 0.717) is 9.50 Å². The molecule has 0 radical (unpaired) electrons. The van der Waals surface area contributed by atoms with E-state index in [1.54, 1.807) is 0 Å². The van der Waals surface area contributed by atoms with Crippen molar-refractivity contribution >= 4 is 43.5 Å². The Morgan fingerprint density at radius 3 is 2.27 bits per heavy atom. The lowest BCUT2D eigenvalue weighted by Crippen LogP contribution is -2.50. The molecule has 1 saturated heterocycles. The molecule has 2 aromatic carbocycles. The van der Waals surface area contributed by atoms with Gasteiger partial charge in [0.1, 0.15) is 5.82 Å². The Hall–Kier alpha value is -1.48. The van der Waals surface area contributed by atoms with Gasteiger partial charge in [0.2, 0.25) is 10.0 Å². The highest BCUT2D eigenvalue weighted by Crippen LogP contribution is 2.22. The number of sulfonamides is 1. The normalized spacial score (nSPS) is 15.9. The van der Waals surface area contributed by atoms with Crippen LogP contribution < -0.4 is 0 Å².